The third-order valence-corrected chi connectivity index (χ3v) is 5.77. The summed E-state index contributed by atoms with van der Waals surface area (Å²) in [6.07, 6.45) is 6.64. The van der Waals surface area contributed by atoms with Gasteiger partial charge in [0.05, 0.1) is 0 Å². The molecule has 0 spiro atoms. The molecule has 0 aliphatic heterocycles. The zero-order valence-corrected chi connectivity index (χ0v) is 14.1. The molecule has 0 saturated heterocycles. The minimum absolute atomic E-state index is 0.182. The predicted octanol–water partition coefficient (Wildman–Crippen LogP) is 2.89. The quantitative estimate of drug-likeness (QED) is 0.864. The summed E-state index contributed by atoms with van der Waals surface area (Å²) in [6, 6.07) is 1.58. The third kappa shape index (κ3) is 3.51. The smallest absolute Gasteiger partial charge is 0.244 e. The SMILES string of the molecule is CNc1ncc(Br)cc1S(=O)(=O)NC1(C)CCCCC1. The summed E-state index contributed by atoms with van der Waals surface area (Å²) in [5.74, 6) is 0.361. The molecule has 1 aromatic heterocycles. The van der Waals surface area contributed by atoms with E-state index in [2.05, 4.69) is 31.0 Å². The van der Waals surface area contributed by atoms with E-state index in [0.717, 1.165) is 25.7 Å². The lowest BCUT2D eigenvalue weighted by atomic mass is 9.84. The van der Waals surface area contributed by atoms with Crippen LogP contribution in [0, 0.1) is 0 Å². The molecule has 1 aliphatic rings. The Labute approximate surface area is 128 Å². The summed E-state index contributed by atoms with van der Waals surface area (Å²) in [5.41, 5.74) is -0.357. The Balaban J connectivity index is 2.32. The Bertz CT molecular complexity index is 583. The van der Waals surface area contributed by atoms with E-state index in [1.807, 2.05) is 6.92 Å². The molecule has 0 atom stereocenters. The molecule has 0 amide bonds. The van der Waals surface area contributed by atoms with Crippen molar-refractivity contribution in [2.45, 2.75) is 49.5 Å². The van der Waals surface area contributed by atoms with Crippen molar-refractivity contribution in [2.24, 2.45) is 0 Å². The Hall–Kier alpha value is -0.660. The Kier molecular flexibility index (Phi) is 4.71. The van der Waals surface area contributed by atoms with Gasteiger partial charge in [-0.15, -0.1) is 0 Å². The fraction of sp³-hybridized carbons (Fsp3) is 0.615. The van der Waals surface area contributed by atoms with E-state index >= 15 is 0 Å². The van der Waals surface area contributed by atoms with Crippen molar-refractivity contribution in [3.63, 3.8) is 0 Å². The van der Waals surface area contributed by atoms with Crippen LogP contribution < -0.4 is 10.0 Å². The average molecular weight is 362 g/mol. The Morgan fingerprint density at radius 1 is 1.30 bits per heavy atom. The second-order valence-electron chi connectivity index (χ2n) is 5.48. The molecule has 0 radical (unpaired) electrons. The van der Waals surface area contributed by atoms with Gasteiger partial charge in [0.25, 0.3) is 0 Å². The highest BCUT2D eigenvalue weighted by molar-refractivity contribution is 9.10. The molecule has 0 unspecified atom stereocenters. The van der Waals surface area contributed by atoms with Crippen molar-refractivity contribution in [1.82, 2.24) is 9.71 Å². The van der Waals surface area contributed by atoms with Crippen LogP contribution in [0.15, 0.2) is 21.6 Å². The molecule has 1 saturated carbocycles. The first kappa shape index (κ1) is 15.7. The van der Waals surface area contributed by atoms with Crippen molar-refractivity contribution in [2.75, 3.05) is 12.4 Å². The van der Waals surface area contributed by atoms with Gasteiger partial charge in [0.1, 0.15) is 10.7 Å². The molecule has 112 valence electrons. The van der Waals surface area contributed by atoms with Gasteiger partial charge < -0.3 is 5.32 Å². The minimum atomic E-state index is -3.59. The first-order chi connectivity index (χ1) is 9.36. The normalized spacial score (nSPS) is 18.8. The Morgan fingerprint density at radius 3 is 2.55 bits per heavy atom. The van der Waals surface area contributed by atoms with Gasteiger partial charge in [0.2, 0.25) is 10.0 Å². The van der Waals surface area contributed by atoms with Crippen LogP contribution in [0.2, 0.25) is 0 Å². The lowest BCUT2D eigenvalue weighted by Gasteiger charge is -2.34. The number of rotatable bonds is 4. The Morgan fingerprint density at radius 2 is 1.95 bits per heavy atom. The number of pyridine rings is 1. The van der Waals surface area contributed by atoms with Gasteiger partial charge in [-0.2, -0.15) is 0 Å². The number of sulfonamides is 1. The zero-order valence-electron chi connectivity index (χ0n) is 11.7. The van der Waals surface area contributed by atoms with E-state index in [1.165, 1.54) is 6.42 Å². The van der Waals surface area contributed by atoms with Gasteiger partial charge in [0, 0.05) is 23.3 Å². The summed E-state index contributed by atoms with van der Waals surface area (Å²) in [5, 5.41) is 2.83. The number of nitrogens with one attached hydrogen (secondary N) is 2. The maximum atomic E-state index is 12.6. The van der Waals surface area contributed by atoms with Crippen LogP contribution in [0.1, 0.15) is 39.0 Å². The summed E-state index contributed by atoms with van der Waals surface area (Å²) < 4.78 is 28.8. The molecule has 0 bridgehead atoms. The molecular weight excluding hydrogens is 342 g/mol. The largest absolute Gasteiger partial charge is 0.372 e. The van der Waals surface area contributed by atoms with E-state index in [9.17, 15) is 8.42 Å². The number of anilines is 1. The topological polar surface area (TPSA) is 71.1 Å². The van der Waals surface area contributed by atoms with Crippen LogP contribution in [0.4, 0.5) is 5.82 Å². The van der Waals surface area contributed by atoms with Crippen LogP contribution >= 0.6 is 15.9 Å². The molecule has 5 nitrogen and oxygen atoms in total. The maximum absolute atomic E-state index is 12.6. The highest BCUT2D eigenvalue weighted by Crippen LogP contribution is 2.31. The molecule has 1 aliphatic carbocycles. The van der Waals surface area contributed by atoms with Crippen LogP contribution in [-0.2, 0) is 10.0 Å². The van der Waals surface area contributed by atoms with Gasteiger partial charge in [-0.3, -0.25) is 0 Å². The van der Waals surface area contributed by atoms with Crippen molar-refractivity contribution in [3.8, 4) is 0 Å². The van der Waals surface area contributed by atoms with Crippen molar-refractivity contribution in [3.05, 3.63) is 16.7 Å². The van der Waals surface area contributed by atoms with Gasteiger partial charge in [-0.25, -0.2) is 18.1 Å². The van der Waals surface area contributed by atoms with E-state index < -0.39 is 10.0 Å². The van der Waals surface area contributed by atoms with Gasteiger partial charge in [0.15, 0.2) is 0 Å². The zero-order chi connectivity index (χ0) is 14.8. The number of halogens is 1. The molecule has 1 aromatic rings. The molecule has 1 fully saturated rings. The monoisotopic (exact) mass is 361 g/mol. The first-order valence-electron chi connectivity index (χ1n) is 6.74. The minimum Gasteiger partial charge on any atom is -0.372 e. The van der Waals surface area contributed by atoms with Gasteiger partial charge in [-0.05, 0) is 41.8 Å². The fourth-order valence-electron chi connectivity index (χ4n) is 2.63. The second kappa shape index (κ2) is 5.99. The van der Waals surface area contributed by atoms with E-state index in [-0.39, 0.29) is 10.4 Å². The highest BCUT2D eigenvalue weighted by atomic mass is 79.9. The van der Waals surface area contributed by atoms with E-state index in [1.54, 1.807) is 19.3 Å². The molecule has 2 rings (SSSR count). The molecule has 0 aromatic carbocycles. The number of aromatic nitrogens is 1. The molecular formula is C13H20BrN3O2S. The van der Waals surface area contributed by atoms with Gasteiger partial charge in [-0.1, -0.05) is 19.3 Å². The second-order valence-corrected chi connectivity index (χ2v) is 8.04. The molecule has 20 heavy (non-hydrogen) atoms. The van der Waals surface area contributed by atoms with Crippen molar-refractivity contribution < 1.29 is 8.42 Å². The van der Waals surface area contributed by atoms with Crippen LogP contribution in [0.5, 0.6) is 0 Å². The third-order valence-electron chi connectivity index (χ3n) is 3.68. The molecule has 1 heterocycles. The van der Waals surface area contributed by atoms with Crippen molar-refractivity contribution in [1.29, 1.82) is 0 Å². The lowest BCUT2D eigenvalue weighted by molar-refractivity contribution is 0.294. The lowest BCUT2D eigenvalue weighted by Crippen LogP contribution is -2.47. The van der Waals surface area contributed by atoms with Crippen LogP contribution in [0.3, 0.4) is 0 Å². The summed E-state index contributed by atoms with van der Waals surface area (Å²) in [4.78, 5) is 4.28. The number of hydrogen-bond acceptors (Lipinski definition) is 4. The van der Waals surface area contributed by atoms with E-state index in [4.69, 9.17) is 0 Å². The first-order valence-corrected chi connectivity index (χ1v) is 9.01. The van der Waals surface area contributed by atoms with Crippen LogP contribution in [-0.4, -0.2) is 26.0 Å². The van der Waals surface area contributed by atoms with E-state index in [0.29, 0.717) is 10.3 Å². The maximum Gasteiger partial charge on any atom is 0.244 e. The molecule has 7 heteroatoms. The summed E-state index contributed by atoms with van der Waals surface area (Å²) in [6.45, 7) is 1.98. The summed E-state index contributed by atoms with van der Waals surface area (Å²) in [7, 11) is -1.92. The predicted molar refractivity (Wildman–Crippen MR) is 83.3 cm³/mol. The average Bonchev–Trinajstić information content (AvgIpc) is 2.38. The summed E-state index contributed by atoms with van der Waals surface area (Å²) >= 11 is 3.27. The molecule has 2 N–H and O–H groups in total. The number of hydrogen-bond donors (Lipinski definition) is 2. The number of nitrogens with zero attached hydrogens (tertiary/aromatic N) is 1. The standard InChI is InChI=1S/C13H20BrN3O2S/c1-13(6-4-3-5-7-13)17-20(18,19)11-8-10(14)9-16-12(11)15-2/h8-9,17H,3-7H2,1-2H3,(H,15,16). The van der Waals surface area contributed by atoms with Gasteiger partial charge >= 0.3 is 0 Å². The van der Waals surface area contributed by atoms with Crippen LogP contribution in [0.25, 0.3) is 0 Å². The highest BCUT2D eigenvalue weighted by Gasteiger charge is 2.33. The van der Waals surface area contributed by atoms with Crippen molar-refractivity contribution >= 4 is 31.8 Å². The fourth-order valence-corrected chi connectivity index (χ4v) is 4.76.